The predicted molar refractivity (Wildman–Crippen MR) is 90.6 cm³/mol. The van der Waals surface area contributed by atoms with E-state index in [1.807, 2.05) is 45.0 Å². The average molecular weight is 311 g/mol. The quantitative estimate of drug-likeness (QED) is 0.891. The van der Waals surface area contributed by atoms with Crippen molar-refractivity contribution < 1.29 is 9.59 Å². The Hall–Kier alpha value is -2.69. The van der Waals surface area contributed by atoms with Crippen LogP contribution >= 0.6 is 0 Å². The van der Waals surface area contributed by atoms with Gasteiger partial charge in [0.15, 0.2) is 0 Å². The molecule has 2 amide bonds. The predicted octanol–water partition coefficient (Wildman–Crippen LogP) is 3.17. The van der Waals surface area contributed by atoms with Gasteiger partial charge in [-0.2, -0.15) is 0 Å². The number of benzene rings is 1. The molecule has 0 saturated carbocycles. The molecule has 120 valence electrons. The van der Waals surface area contributed by atoms with Crippen molar-refractivity contribution in [1.82, 2.24) is 10.3 Å². The van der Waals surface area contributed by atoms with Gasteiger partial charge in [-0.25, -0.2) is 4.98 Å². The van der Waals surface area contributed by atoms with Crippen LogP contribution in [-0.4, -0.2) is 22.8 Å². The second-order valence-corrected chi connectivity index (χ2v) is 5.51. The number of pyridine rings is 1. The van der Waals surface area contributed by atoms with E-state index in [2.05, 4.69) is 15.6 Å². The molecule has 0 spiro atoms. The molecule has 1 heterocycles. The molecule has 1 aromatic carbocycles. The Morgan fingerprint density at radius 2 is 1.65 bits per heavy atom. The molecular weight excluding hydrogens is 290 g/mol. The van der Waals surface area contributed by atoms with Gasteiger partial charge in [-0.15, -0.1) is 0 Å². The second kappa shape index (κ2) is 7.54. The van der Waals surface area contributed by atoms with Gasteiger partial charge in [0.1, 0.15) is 11.4 Å². The maximum Gasteiger partial charge on any atom is 0.274 e. The fourth-order valence-corrected chi connectivity index (χ4v) is 1.92. The molecule has 23 heavy (non-hydrogen) atoms. The standard InChI is InChI=1S/C18H21N3O2/c1-4-13(3)19-17(22)15-6-5-7-16(21-15)18(23)20-14-10-8-12(2)9-11-14/h5-11,13H,4H2,1-3H3,(H,19,22)(H,20,23). The highest BCUT2D eigenvalue weighted by atomic mass is 16.2. The highest BCUT2D eigenvalue weighted by molar-refractivity contribution is 6.03. The summed E-state index contributed by atoms with van der Waals surface area (Å²) in [5, 5.41) is 5.61. The Bertz CT molecular complexity index is 696. The lowest BCUT2D eigenvalue weighted by Gasteiger charge is -2.11. The fourth-order valence-electron chi connectivity index (χ4n) is 1.92. The molecule has 5 nitrogen and oxygen atoms in total. The zero-order valence-corrected chi connectivity index (χ0v) is 13.6. The maximum atomic E-state index is 12.2. The largest absolute Gasteiger partial charge is 0.348 e. The van der Waals surface area contributed by atoms with Gasteiger partial charge in [0.2, 0.25) is 0 Å². The van der Waals surface area contributed by atoms with Crippen molar-refractivity contribution in [1.29, 1.82) is 0 Å². The SMILES string of the molecule is CCC(C)NC(=O)c1cccc(C(=O)Nc2ccc(C)cc2)n1. The number of amides is 2. The Labute approximate surface area is 136 Å². The Kier molecular flexibility index (Phi) is 5.46. The summed E-state index contributed by atoms with van der Waals surface area (Å²) < 4.78 is 0. The van der Waals surface area contributed by atoms with Crippen LogP contribution in [0.1, 0.15) is 46.8 Å². The molecule has 1 unspecified atom stereocenters. The fraction of sp³-hybridized carbons (Fsp3) is 0.278. The summed E-state index contributed by atoms with van der Waals surface area (Å²) in [6, 6.07) is 12.4. The van der Waals surface area contributed by atoms with Crippen LogP contribution < -0.4 is 10.6 Å². The summed E-state index contributed by atoms with van der Waals surface area (Å²) in [5.74, 6) is -0.614. The van der Waals surface area contributed by atoms with Gasteiger partial charge in [-0.05, 0) is 44.5 Å². The molecule has 0 aliphatic heterocycles. The lowest BCUT2D eigenvalue weighted by atomic mass is 10.2. The van der Waals surface area contributed by atoms with Gasteiger partial charge in [-0.1, -0.05) is 30.7 Å². The van der Waals surface area contributed by atoms with Crippen molar-refractivity contribution in [2.45, 2.75) is 33.2 Å². The third kappa shape index (κ3) is 4.64. The van der Waals surface area contributed by atoms with Crippen LogP contribution in [0.25, 0.3) is 0 Å². The van der Waals surface area contributed by atoms with E-state index in [0.717, 1.165) is 12.0 Å². The molecule has 1 atom stereocenters. The average Bonchev–Trinajstić information content (AvgIpc) is 2.56. The van der Waals surface area contributed by atoms with Crippen molar-refractivity contribution in [2.75, 3.05) is 5.32 Å². The van der Waals surface area contributed by atoms with Crippen LogP contribution in [-0.2, 0) is 0 Å². The smallest absolute Gasteiger partial charge is 0.274 e. The number of hydrogen-bond donors (Lipinski definition) is 2. The van der Waals surface area contributed by atoms with E-state index in [9.17, 15) is 9.59 Å². The number of anilines is 1. The topological polar surface area (TPSA) is 71.1 Å². The van der Waals surface area contributed by atoms with Gasteiger partial charge in [-0.3, -0.25) is 9.59 Å². The zero-order valence-electron chi connectivity index (χ0n) is 13.6. The van der Waals surface area contributed by atoms with E-state index >= 15 is 0 Å². The molecule has 0 radical (unpaired) electrons. The third-order valence-electron chi connectivity index (χ3n) is 3.51. The number of nitrogens with one attached hydrogen (secondary N) is 2. The highest BCUT2D eigenvalue weighted by Gasteiger charge is 2.13. The molecule has 2 N–H and O–H groups in total. The molecule has 5 heteroatoms. The summed E-state index contributed by atoms with van der Waals surface area (Å²) in [7, 11) is 0. The van der Waals surface area contributed by atoms with Crippen molar-refractivity contribution >= 4 is 17.5 Å². The zero-order chi connectivity index (χ0) is 16.8. The van der Waals surface area contributed by atoms with Crippen LogP contribution in [0, 0.1) is 6.92 Å². The molecule has 1 aromatic heterocycles. The first-order chi connectivity index (χ1) is 11.0. The van der Waals surface area contributed by atoms with E-state index in [1.54, 1.807) is 18.2 Å². The van der Waals surface area contributed by atoms with Crippen LogP contribution in [0.15, 0.2) is 42.5 Å². The summed E-state index contributed by atoms with van der Waals surface area (Å²) >= 11 is 0. The molecule has 0 aliphatic rings. The number of aromatic nitrogens is 1. The minimum absolute atomic E-state index is 0.0642. The van der Waals surface area contributed by atoms with E-state index in [-0.39, 0.29) is 29.2 Å². The second-order valence-electron chi connectivity index (χ2n) is 5.51. The van der Waals surface area contributed by atoms with E-state index < -0.39 is 0 Å². The van der Waals surface area contributed by atoms with Gasteiger partial charge in [0.25, 0.3) is 11.8 Å². The number of hydrogen-bond acceptors (Lipinski definition) is 3. The summed E-state index contributed by atoms with van der Waals surface area (Å²) in [6.07, 6.45) is 0.833. The first-order valence-corrected chi connectivity index (χ1v) is 7.65. The van der Waals surface area contributed by atoms with Crippen molar-refractivity contribution in [3.8, 4) is 0 Å². The maximum absolute atomic E-state index is 12.2. The van der Waals surface area contributed by atoms with E-state index in [4.69, 9.17) is 0 Å². The normalized spacial score (nSPS) is 11.6. The number of aryl methyl sites for hydroxylation is 1. The van der Waals surface area contributed by atoms with E-state index in [0.29, 0.717) is 5.69 Å². The monoisotopic (exact) mass is 311 g/mol. The molecular formula is C18H21N3O2. The molecule has 0 saturated heterocycles. The van der Waals surface area contributed by atoms with Crippen molar-refractivity contribution in [2.24, 2.45) is 0 Å². The molecule has 2 aromatic rings. The first-order valence-electron chi connectivity index (χ1n) is 7.65. The minimum atomic E-state index is -0.341. The number of carbonyl (C=O) groups excluding carboxylic acids is 2. The third-order valence-corrected chi connectivity index (χ3v) is 3.51. The van der Waals surface area contributed by atoms with E-state index in [1.165, 1.54) is 0 Å². The van der Waals surface area contributed by atoms with Crippen LogP contribution in [0.2, 0.25) is 0 Å². The summed E-state index contributed by atoms with van der Waals surface area (Å²) in [6.45, 7) is 5.89. The number of rotatable bonds is 5. The van der Waals surface area contributed by atoms with Gasteiger partial charge in [0.05, 0.1) is 0 Å². The summed E-state index contributed by atoms with van der Waals surface area (Å²) in [4.78, 5) is 28.5. The lowest BCUT2D eigenvalue weighted by molar-refractivity contribution is 0.0934. The summed E-state index contributed by atoms with van der Waals surface area (Å²) in [5.41, 5.74) is 2.26. The van der Waals surface area contributed by atoms with Crippen LogP contribution in [0.4, 0.5) is 5.69 Å². The number of nitrogens with zero attached hydrogens (tertiary/aromatic N) is 1. The highest BCUT2D eigenvalue weighted by Crippen LogP contribution is 2.10. The minimum Gasteiger partial charge on any atom is -0.348 e. The molecule has 0 fully saturated rings. The van der Waals surface area contributed by atoms with Crippen molar-refractivity contribution in [3.63, 3.8) is 0 Å². The molecule has 0 aliphatic carbocycles. The van der Waals surface area contributed by atoms with Crippen LogP contribution in [0.5, 0.6) is 0 Å². The van der Waals surface area contributed by atoms with Crippen LogP contribution in [0.3, 0.4) is 0 Å². The van der Waals surface area contributed by atoms with Gasteiger partial charge >= 0.3 is 0 Å². The van der Waals surface area contributed by atoms with Gasteiger partial charge in [0, 0.05) is 11.7 Å². The first kappa shape index (κ1) is 16.7. The lowest BCUT2D eigenvalue weighted by Crippen LogP contribution is -2.32. The molecule has 2 rings (SSSR count). The van der Waals surface area contributed by atoms with Gasteiger partial charge < -0.3 is 10.6 Å². The Balaban J connectivity index is 2.10. The Morgan fingerprint density at radius 1 is 1.04 bits per heavy atom. The van der Waals surface area contributed by atoms with Crippen molar-refractivity contribution in [3.05, 3.63) is 59.4 Å². The number of carbonyl (C=O) groups is 2. The molecule has 0 bridgehead atoms. The Morgan fingerprint density at radius 3 is 2.26 bits per heavy atom.